The third kappa shape index (κ3) is 2.60. The fraction of sp³-hybridized carbons (Fsp3) is 0.375. The molecule has 0 saturated carbocycles. The Kier molecular flexibility index (Phi) is 3.84. The van der Waals surface area contributed by atoms with Gasteiger partial charge in [-0.3, -0.25) is 0 Å². The summed E-state index contributed by atoms with van der Waals surface area (Å²) in [7, 11) is 1.91. The highest BCUT2D eigenvalue weighted by atomic mass is 15.0. The zero-order valence-electron chi connectivity index (χ0n) is 12.3. The van der Waals surface area contributed by atoms with Gasteiger partial charge in [-0.2, -0.15) is 0 Å². The Balaban J connectivity index is 2.60. The smallest absolute Gasteiger partial charge is 0.162 e. The number of anilines is 1. The molecule has 0 bridgehead atoms. The van der Waals surface area contributed by atoms with Gasteiger partial charge in [0.05, 0.1) is 0 Å². The molecule has 3 heteroatoms. The summed E-state index contributed by atoms with van der Waals surface area (Å²) >= 11 is 0. The Morgan fingerprint density at radius 2 is 1.84 bits per heavy atom. The van der Waals surface area contributed by atoms with Crippen LogP contribution in [0.4, 0.5) is 5.82 Å². The van der Waals surface area contributed by atoms with Gasteiger partial charge in [-0.15, -0.1) is 0 Å². The molecule has 19 heavy (non-hydrogen) atoms. The number of nitrogens with one attached hydrogen (secondary N) is 1. The molecule has 0 unspecified atom stereocenters. The largest absolute Gasteiger partial charge is 0.373 e. The van der Waals surface area contributed by atoms with Crippen LogP contribution in [0.5, 0.6) is 0 Å². The van der Waals surface area contributed by atoms with E-state index in [-0.39, 0.29) is 0 Å². The quantitative estimate of drug-likeness (QED) is 0.909. The Labute approximate surface area is 115 Å². The zero-order valence-corrected chi connectivity index (χ0v) is 12.3. The number of aromatic nitrogens is 2. The molecule has 1 aromatic heterocycles. The van der Waals surface area contributed by atoms with E-state index in [1.54, 1.807) is 0 Å². The van der Waals surface area contributed by atoms with Crippen LogP contribution in [-0.4, -0.2) is 17.0 Å². The lowest BCUT2D eigenvalue weighted by atomic mass is 10.0. The van der Waals surface area contributed by atoms with Crippen molar-refractivity contribution in [3.05, 3.63) is 40.6 Å². The van der Waals surface area contributed by atoms with Crippen molar-refractivity contribution in [1.29, 1.82) is 0 Å². The van der Waals surface area contributed by atoms with Crippen molar-refractivity contribution in [2.24, 2.45) is 0 Å². The first-order valence-corrected chi connectivity index (χ1v) is 6.69. The van der Waals surface area contributed by atoms with Gasteiger partial charge in [0.25, 0.3) is 0 Å². The van der Waals surface area contributed by atoms with Gasteiger partial charge < -0.3 is 5.32 Å². The highest BCUT2D eigenvalue weighted by Gasteiger charge is 2.12. The van der Waals surface area contributed by atoms with E-state index >= 15 is 0 Å². The van der Waals surface area contributed by atoms with Gasteiger partial charge in [0, 0.05) is 23.9 Å². The molecule has 1 N–H and O–H groups in total. The van der Waals surface area contributed by atoms with E-state index in [1.807, 2.05) is 14.0 Å². The molecule has 0 fully saturated rings. The van der Waals surface area contributed by atoms with E-state index in [0.717, 1.165) is 29.3 Å². The Hall–Kier alpha value is -1.90. The molecule has 0 amide bonds. The minimum absolute atomic E-state index is 0.802. The van der Waals surface area contributed by atoms with E-state index in [4.69, 9.17) is 0 Å². The number of benzene rings is 1. The van der Waals surface area contributed by atoms with Crippen LogP contribution in [0.25, 0.3) is 11.4 Å². The standard InChI is InChI=1S/C16H21N3/c1-6-13-12(4)18-16(19-15(13)17-5)14-8-7-10(2)9-11(14)3/h7-9H,6H2,1-5H3,(H,17,18,19). The molecule has 1 heterocycles. The molecule has 0 radical (unpaired) electrons. The molecule has 1 aromatic carbocycles. The second-order valence-electron chi connectivity index (χ2n) is 4.88. The first-order chi connectivity index (χ1) is 9.06. The summed E-state index contributed by atoms with van der Waals surface area (Å²) in [5, 5.41) is 3.18. The fourth-order valence-corrected chi connectivity index (χ4v) is 2.41. The number of rotatable bonds is 3. The predicted molar refractivity (Wildman–Crippen MR) is 80.6 cm³/mol. The lowest BCUT2D eigenvalue weighted by Gasteiger charge is -2.13. The first-order valence-electron chi connectivity index (χ1n) is 6.69. The summed E-state index contributed by atoms with van der Waals surface area (Å²) in [4.78, 5) is 9.32. The maximum atomic E-state index is 4.66. The highest BCUT2D eigenvalue weighted by molar-refractivity contribution is 5.63. The minimum atomic E-state index is 0.802. The van der Waals surface area contributed by atoms with Crippen molar-refractivity contribution in [2.45, 2.75) is 34.1 Å². The van der Waals surface area contributed by atoms with Crippen molar-refractivity contribution >= 4 is 5.82 Å². The summed E-state index contributed by atoms with van der Waals surface area (Å²) in [5.74, 6) is 1.74. The second-order valence-corrected chi connectivity index (χ2v) is 4.88. The van der Waals surface area contributed by atoms with E-state index in [2.05, 4.69) is 54.3 Å². The average Bonchev–Trinajstić information content (AvgIpc) is 2.37. The molecule has 0 aliphatic carbocycles. The van der Waals surface area contributed by atoms with E-state index in [1.165, 1.54) is 16.7 Å². The Bertz CT molecular complexity index is 603. The highest BCUT2D eigenvalue weighted by Crippen LogP contribution is 2.25. The molecule has 0 aliphatic heterocycles. The van der Waals surface area contributed by atoms with Crippen LogP contribution >= 0.6 is 0 Å². The summed E-state index contributed by atoms with van der Waals surface area (Å²) in [6.07, 6.45) is 0.940. The lowest BCUT2D eigenvalue weighted by Crippen LogP contribution is -2.05. The third-order valence-electron chi connectivity index (χ3n) is 3.43. The SMILES string of the molecule is CCc1c(C)nc(-c2ccc(C)cc2C)nc1NC. The molecule has 0 spiro atoms. The molecule has 0 saturated heterocycles. The van der Waals surface area contributed by atoms with Crippen LogP contribution in [-0.2, 0) is 6.42 Å². The van der Waals surface area contributed by atoms with E-state index < -0.39 is 0 Å². The average molecular weight is 255 g/mol. The lowest BCUT2D eigenvalue weighted by molar-refractivity contribution is 1.00. The van der Waals surface area contributed by atoms with Gasteiger partial charge in [-0.25, -0.2) is 9.97 Å². The van der Waals surface area contributed by atoms with E-state index in [9.17, 15) is 0 Å². The molecule has 2 rings (SSSR count). The second kappa shape index (κ2) is 5.39. The molecule has 0 atom stereocenters. The maximum Gasteiger partial charge on any atom is 0.162 e. The number of nitrogens with zero attached hydrogens (tertiary/aromatic N) is 2. The van der Waals surface area contributed by atoms with E-state index in [0.29, 0.717) is 0 Å². The normalized spacial score (nSPS) is 10.6. The molecular formula is C16H21N3. The van der Waals surface area contributed by atoms with Gasteiger partial charge in [0.2, 0.25) is 0 Å². The molecule has 100 valence electrons. The van der Waals surface area contributed by atoms with Crippen molar-refractivity contribution < 1.29 is 0 Å². The third-order valence-corrected chi connectivity index (χ3v) is 3.43. The van der Waals surface area contributed by atoms with Crippen molar-refractivity contribution in [3.8, 4) is 11.4 Å². The van der Waals surface area contributed by atoms with Crippen molar-refractivity contribution in [1.82, 2.24) is 9.97 Å². The van der Waals surface area contributed by atoms with Gasteiger partial charge in [0.15, 0.2) is 5.82 Å². The number of hydrogen-bond acceptors (Lipinski definition) is 3. The van der Waals surface area contributed by atoms with Crippen molar-refractivity contribution in [2.75, 3.05) is 12.4 Å². The van der Waals surface area contributed by atoms with Gasteiger partial charge in [-0.05, 0) is 32.8 Å². The van der Waals surface area contributed by atoms with Gasteiger partial charge in [0.1, 0.15) is 5.82 Å². The maximum absolute atomic E-state index is 4.66. The first kappa shape index (κ1) is 13.5. The van der Waals surface area contributed by atoms with Gasteiger partial charge in [-0.1, -0.05) is 30.7 Å². The van der Waals surface area contributed by atoms with Crippen LogP contribution in [0.2, 0.25) is 0 Å². The molecule has 2 aromatic rings. The predicted octanol–water partition coefficient (Wildman–Crippen LogP) is 3.67. The monoisotopic (exact) mass is 255 g/mol. The molecule has 3 nitrogen and oxygen atoms in total. The Morgan fingerprint density at radius 3 is 2.42 bits per heavy atom. The van der Waals surface area contributed by atoms with Crippen LogP contribution in [0.1, 0.15) is 29.3 Å². The van der Waals surface area contributed by atoms with Gasteiger partial charge >= 0.3 is 0 Å². The summed E-state index contributed by atoms with van der Waals surface area (Å²) in [6, 6.07) is 6.37. The fourth-order valence-electron chi connectivity index (χ4n) is 2.41. The zero-order chi connectivity index (χ0) is 14.0. The molecule has 0 aliphatic rings. The topological polar surface area (TPSA) is 37.8 Å². The van der Waals surface area contributed by atoms with Crippen LogP contribution in [0, 0.1) is 20.8 Å². The van der Waals surface area contributed by atoms with Crippen molar-refractivity contribution in [3.63, 3.8) is 0 Å². The summed E-state index contributed by atoms with van der Waals surface area (Å²) in [5.41, 5.74) is 5.82. The molecular weight excluding hydrogens is 234 g/mol. The van der Waals surface area contributed by atoms with Crippen LogP contribution < -0.4 is 5.32 Å². The minimum Gasteiger partial charge on any atom is -0.373 e. The van der Waals surface area contributed by atoms with Crippen LogP contribution in [0.3, 0.4) is 0 Å². The Morgan fingerprint density at radius 1 is 1.11 bits per heavy atom. The van der Waals surface area contributed by atoms with Crippen LogP contribution in [0.15, 0.2) is 18.2 Å². The summed E-state index contributed by atoms with van der Waals surface area (Å²) < 4.78 is 0. The summed E-state index contributed by atoms with van der Waals surface area (Å²) in [6.45, 7) is 8.38. The number of hydrogen-bond donors (Lipinski definition) is 1. The number of aryl methyl sites for hydroxylation is 3.